The van der Waals surface area contributed by atoms with Gasteiger partial charge in [0.05, 0.1) is 21.6 Å². The van der Waals surface area contributed by atoms with Crippen LogP contribution in [0, 0.1) is 0 Å². The van der Waals surface area contributed by atoms with Crippen molar-refractivity contribution < 1.29 is 14.3 Å². The van der Waals surface area contributed by atoms with Crippen molar-refractivity contribution in [3.8, 4) is 5.75 Å². The number of rotatable bonds is 8. The molecule has 0 aliphatic carbocycles. The topological polar surface area (TPSA) is 100 Å². The van der Waals surface area contributed by atoms with Gasteiger partial charge in [-0.15, -0.1) is 0 Å². The zero-order valence-corrected chi connectivity index (χ0v) is 20.3. The number of anilines is 1. The summed E-state index contributed by atoms with van der Waals surface area (Å²) < 4.78 is 5.20. The highest BCUT2D eigenvalue weighted by Gasteiger charge is 2.24. The van der Waals surface area contributed by atoms with Crippen LogP contribution in [0.4, 0.5) is 5.69 Å². The normalized spacial score (nSPS) is 12.0. The van der Waals surface area contributed by atoms with E-state index in [1.54, 1.807) is 37.4 Å². The Bertz CT molecular complexity index is 1150. The van der Waals surface area contributed by atoms with Crippen LogP contribution in [-0.4, -0.2) is 32.0 Å². The van der Waals surface area contributed by atoms with Gasteiger partial charge >= 0.3 is 0 Å². The number of amides is 2. The van der Waals surface area contributed by atoms with E-state index in [2.05, 4.69) is 35.3 Å². The van der Waals surface area contributed by atoms with Crippen LogP contribution in [0.2, 0.25) is 19.6 Å². The third-order valence-electron chi connectivity index (χ3n) is 5.25. The molecule has 0 radical (unpaired) electrons. The van der Waals surface area contributed by atoms with Gasteiger partial charge in [0, 0.05) is 18.0 Å². The number of ether oxygens (including phenoxy) is 1. The van der Waals surface area contributed by atoms with E-state index in [1.807, 2.05) is 24.3 Å². The molecule has 33 heavy (non-hydrogen) atoms. The van der Waals surface area contributed by atoms with E-state index >= 15 is 0 Å². The van der Waals surface area contributed by atoms with Crippen molar-refractivity contribution in [3.63, 3.8) is 0 Å². The van der Waals surface area contributed by atoms with E-state index < -0.39 is 14.1 Å². The van der Waals surface area contributed by atoms with Crippen LogP contribution in [0.3, 0.4) is 0 Å². The van der Waals surface area contributed by atoms with Gasteiger partial charge in [0.25, 0.3) is 5.91 Å². The van der Waals surface area contributed by atoms with Crippen LogP contribution < -0.4 is 26.1 Å². The molecule has 1 aromatic heterocycles. The van der Waals surface area contributed by atoms with Gasteiger partial charge in [0.1, 0.15) is 11.8 Å². The summed E-state index contributed by atoms with van der Waals surface area (Å²) in [4.78, 5) is 39.7. The molecule has 0 fully saturated rings. The first-order chi connectivity index (χ1) is 15.7. The molecule has 0 saturated heterocycles. The molecule has 3 rings (SSSR count). The number of methoxy groups -OCH3 is 1. The van der Waals surface area contributed by atoms with Crippen molar-refractivity contribution in [2.45, 2.75) is 32.1 Å². The van der Waals surface area contributed by atoms with E-state index in [9.17, 15) is 14.4 Å². The summed E-state index contributed by atoms with van der Waals surface area (Å²) in [6, 6.07) is 16.9. The van der Waals surface area contributed by atoms with Crippen molar-refractivity contribution in [2.24, 2.45) is 0 Å². The van der Waals surface area contributed by atoms with E-state index in [1.165, 1.54) is 17.4 Å². The highest BCUT2D eigenvalue weighted by Crippen LogP contribution is 2.20. The van der Waals surface area contributed by atoms with Crippen LogP contribution in [0.25, 0.3) is 0 Å². The van der Waals surface area contributed by atoms with Gasteiger partial charge in [-0.1, -0.05) is 55.2 Å². The first kappa shape index (κ1) is 24.0. The number of carbonyl (C=O) groups is 2. The predicted molar refractivity (Wildman–Crippen MR) is 133 cm³/mol. The fourth-order valence-electron chi connectivity index (χ4n) is 3.31. The molecule has 3 aromatic rings. The smallest absolute Gasteiger partial charge is 0.251 e. The van der Waals surface area contributed by atoms with Crippen molar-refractivity contribution in [2.75, 3.05) is 12.4 Å². The molecule has 2 aromatic carbocycles. The number of pyridine rings is 1. The zero-order valence-electron chi connectivity index (χ0n) is 19.3. The highest BCUT2D eigenvalue weighted by atomic mass is 28.3. The summed E-state index contributed by atoms with van der Waals surface area (Å²) in [7, 11) is 0.119. The van der Waals surface area contributed by atoms with Crippen molar-refractivity contribution in [1.29, 1.82) is 0 Å². The summed E-state index contributed by atoms with van der Waals surface area (Å²) >= 11 is 0. The first-order valence-electron chi connectivity index (χ1n) is 10.7. The summed E-state index contributed by atoms with van der Waals surface area (Å²) in [5, 5.41) is 7.01. The Morgan fingerprint density at radius 2 is 1.64 bits per heavy atom. The third kappa shape index (κ3) is 6.66. The molecule has 1 unspecified atom stereocenters. The lowest BCUT2D eigenvalue weighted by Gasteiger charge is -2.20. The van der Waals surface area contributed by atoms with Gasteiger partial charge in [-0.2, -0.15) is 0 Å². The molecule has 2 amide bonds. The highest BCUT2D eigenvalue weighted by molar-refractivity contribution is 6.88. The minimum Gasteiger partial charge on any atom is -0.497 e. The fourth-order valence-corrected chi connectivity index (χ4v) is 4.48. The minimum absolute atomic E-state index is 0.0294. The maximum Gasteiger partial charge on any atom is 0.251 e. The first-order valence-corrected chi connectivity index (χ1v) is 14.2. The second kappa shape index (κ2) is 10.3. The Morgan fingerprint density at radius 3 is 2.18 bits per heavy atom. The Hall–Kier alpha value is -3.65. The quantitative estimate of drug-likeness (QED) is 0.447. The lowest BCUT2D eigenvalue weighted by atomic mass is 10.0. The number of nitrogens with one attached hydrogen (secondary N) is 3. The van der Waals surface area contributed by atoms with Gasteiger partial charge in [-0.3, -0.25) is 14.4 Å². The van der Waals surface area contributed by atoms with E-state index in [0.717, 1.165) is 0 Å². The van der Waals surface area contributed by atoms with Crippen molar-refractivity contribution in [3.05, 3.63) is 88.3 Å². The molecule has 172 valence electrons. The summed E-state index contributed by atoms with van der Waals surface area (Å²) in [5.74, 6) is -0.0396. The molecule has 0 saturated carbocycles. The van der Waals surface area contributed by atoms with Gasteiger partial charge in [0.15, 0.2) is 0 Å². The molecular weight excluding hydrogens is 434 g/mol. The molecule has 0 aliphatic heterocycles. The number of aromatic nitrogens is 1. The second-order valence-corrected chi connectivity index (χ2v) is 13.9. The van der Waals surface area contributed by atoms with Gasteiger partial charge in [0.2, 0.25) is 11.5 Å². The molecule has 0 aliphatic rings. The second-order valence-electron chi connectivity index (χ2n) is 8.83. The van der Waals surface area contributed by atoms with E-state index in [4.69, 9.17) is 4.74 Å². The molecule has 1 heterocycles. The lowest BCUT2D eigenvalue weighted by Crippen LogP contribution is -2.38. The maximum atomic E-state index is 13.2. The fraction of sp³-hybridized carbons (Fsp3) is 0.240. The van der Waals surface area contributed by atoms with E-state index in [0.29, 0.717) is 22.6 Å². The van der Waals surface area contributed by atoms with Crippen LogP contribution in [-0.2, 0) is 16.0 Å². The molecule has 3 N–H and O–H groups in total. The van der Waals surface area contributed by atoms with Gasteiger partial charge < -0.3 is 20.4 Å². The monoisotopic (exact) mass is 463 g/mol. The SMILES string of the molecule is COc1ccc(C(NC(=O)Cc2ccc(=O)[nH]c2)C(=O)Nc2ccc([Si](C)(C)C)cc2)cc1. The van der Waals surface area contributed by atoms with Gasteiger partial charge in [-0.25, -0.2) is 0 Å². The molecule has 7 nitrogen and oxygen atoms in total. The maximum absolute atomic E-state index is 13.2. The van der Waals surface area contributed by atoms with Crippen LogP contribution in [0.5, 0.6) is 5.75 Å². The Morgan fingerprint density at radius 1 is 0.970 bits per heavy atom. The number of hydrogen-bond acceptors (Lipinski definition) is 4. The summed E-state index contributed by atoms with van der Waals surface area (Å²) in [6.45, 7) is 6.79. The lowest BCUT2D eigenvalue weighted by molar-refractivity contribution is -0.126. The zero-order chi connectivity index (χ0) is 24.0. The van der Waals surface area contributed by atoms with Crippen LogP contribution in [0.1, 0.15) is 17.2 Å². The predicted octanol–water partition coefficient (Wildman–Crippen LogP) is 2.97. The minimum atomic E-state index is -1.45. The Labute approximate surface area is 194 Å². The Balaban J connectivity index is 1.79. The molecule has 0 spiro atoms. The number of aromatic amines is 1. The molecule has 8 heteroatoms. The third-order valence-corrected chi connectivity index (χ3v) is 7.31. The summed E-state index contributed by atoms with van der Waals surface area (Å²) in [6.07, 6.45) is 1.52. The average molecular weight is 464 g/mol. The summed E-state index contributed by atoms with van der Waals surface area (Å²) in [5.41, 5.74) is 1.69. The van der Waals surface area contributed by atoms with Gasteiger partial charge in [-0.05, 0) is 35.4 Å². The largest absolute Gasteiger partial charge is 0.497 e. The van der Waals surface area contributed by atoms with Crippen LogP contribution in [0.15, 0.2) is 71.7 Å². The van der Waals surface area contributed by atoms with Crippen LogP contribution >= 0.6 is 0 Å². The number of benzene rings is 2. The van der Waals surface area contributed by atoms with Crippen molar-refractivity contribution >= 4 is 30.8 Å². The number of hydrogen-bond donors (Lipinski definition) is 3. The molecule has 0 bridgehead atoms. The average Bonchev–Trinajstić information content (AvgIpc) is 2.79. The standard InChI is InChI=1S/C25H29N3O4Si/c1-32-20-10-6-18(7-11-20)24(28-23(30)15-17-5-14-22(29)26-16-17)25(31)27-19-8-12-21(13-9-19)33(2,3)4/h5-14,16,24H,15H2,1-4H3,(H,26,29)(H,27,31)(H,28,30). The number of H-pyrrole nitrogens is 1. The number of carbonyl (C=O) groups excluding carboxylic acids is 2. The molecular formula is C25H29N3O4Si. The van der Waals surface area contributed by atoms with E-state index in [-0.39, 0.29) is 23.8 Å². The Kier molecular flexibility index (Phi) is 7.50. The molecule has 1 atom stereocenters. The van der Waals surface area contributed by atoms with Crippen molar-refractivity contribution in [1.82, 2.24) is 10.3 Å².